The van der Waals surface area contributed by atoms with Crippen molar-refractivity contribution in [1.82, 2.24) is 19.9 Å². The van der Waals surface area contributed by atoms with Crippen LogP contribution >= 0.6 is 0 Å². The Hall–Kier alpha value is -6.18. The molecule has 0 spiro atoms. The van der Waals surface area contributed by atoms with E-state index in [1.807, 2.05) is 0 Å². The summed E-state index contributed by atoms with van der Waals surface area (Å²) in [6.07, 6.45) is 6.33. The van der Waals surface area contributed by atoms with E-state index in [4.69, 9.17) is 21.9 Å². The van der Waals surface area contributed by atoms with Gasteiger partial charge in [0, 0.05) is 24.8 Å². The first-order valence-corrected chi connectivity index (χ1v) is 11.2. The number of aromatic nitrogens is 4. The molecule has 0 aliphatic heterocycles. The average Bonchev–Trinajstić information content (AvgIpc) is 3.02. The minimum atomic E-state index is -0.511. The molecule has 0 atom stereocenters. The van der Waals surface area contributed by atoms with Crippen LogP contribution in [0.2, 0.25) is 0 Å². The summed E-state index contributed by atoms with van der Waals surface area (Å²) >= 11 is 0. The molecule has 2 aliphatic rings. The molecule has 0 amide bonds. The van der Waals surface area contributed by atoms with Crippen LogP contribution in [-0.2, 0) is 0 Å². The highest BCUT2D eigenvalue weighted by atomic mass is 16.4. The number of pyridine rings is 4. The van der Waals surface area contributed by atoms with E-state index in [1.54, 1.807) is 73.3 Å². The van der Waals surface area contributed by atoms with E-state index >= 15 is 0 Å². The Bertz CT molecular complexity index is 1500. The van der Waals surface area contributed by atoms with Crippen LogP contribution < -0.4 is 11.5 Å². The average molecular weight is 538 g/mol. The standard InChI is InChI=1S/2C12H6N2O2.C2H6N4O2/c2*15-11-7-3-1-5-13-9(7)10-8(12(11)16)4-2-6-14-10;3-1(5-7)2(4)6-8/h2*1-6H;7-8H,(H2,3,5)(H2,4,6). The van der Waals surface area contributed by atoms with E-state index in [9.17, 15) is 19.2 Å². The molecule has 198 valence electrons. The zero-order chi connectivity index (χ0) is 28.8. The third kappa shape index (κ3) is 4.99. The van der Waals surface area contributed by atoms with Gasteiger partial charge in [-0.25, -0.2) is 0 Å². The molecule has 14 nitrogen and oxygen atoms in total. The molecule has 2 aliphatic carbocycles. The Kier molecular flexibility index (Phi) is 7.71. The van der Waals surface area contributed by atoms with Crippen molar-refractivity contribution in [3.05, 3.63) is 95.6 Å². The van der Waals surface area contributed by atoms with Crippen LogP contribution in [0.3, 0.4) is 0 Å². The molecule has 0 unspecified atom stereocenters. The first-order valence-electron chi connectivity index (χ1n) is 11.2. The Labute approximate surface area is 224 Å². The SMILES string of the molecule is NC(=N\O)/C(N)=N/O.O=C1C(=O)c2cccnc2-c2ncccc21.O=C1C(=O)c2cccnc2-c2ncccc21. The fourth-order valence-electron chi connectivity index (χ4n) is 3.70. The highest BCUT2D eigenvalue weighted by Gasteiger charge is 2.32. The molecule has 0 bridgehead atoms. The number of amidine groups is 2. The number of carbonyl (C=O) groups excluding carboxylic acids is 4. The van der Waals surface area contributed by atoms with Gasteiger partial charge in [-0.1, -0.05) is 10.3 Å². The third-order valence-electron chi connectivity index (χ3n) is 5.55. The van der Waals surface area contributed by atoms with Crippen LogP contribution in [0.1, 0.15) is 41.4 Å². The number of rotatable bonds is 0. The lowest BCUT2D eigenvalue weighted by molar-refractivity contribution is 0.0814. The van der Waals surface area contributed by atoms with Crippen molar-refractivity contribution in [1.29, 1.82) is 0 Å². The molecular formula is C26H18N8O6. The van der Waals surface area contributed by atoms with Gasteiger partial charge in [-0.2, -0.15) is 0 Å². The Morgan fingerprint density at radius 3 is 0.925 bits per heavy atom. The number of Topliss-reactive ketones (excluding diaryl/α,β-unsaturated/α-hetero) is 4. The van der Waals surface area contributed by atoms with Gasteiger partial charge in [0.05, 0.1) is 22.3 Å². The van der Waals surface area contributed by atoms with Crippen molar-refractivity contribution in [2.75, 3.05) is 0 Å². The molecule has 6 rings (SSSR count). The van der Waals surface area contributed by atoms with E-state index in [0.29, 0.717) is 45.0 Å². The molecular weight excluding hydrogens is 520 g/mol. The Morgan fingerprint density at radius 1 is 0.500 bits per heavy atom. The molecule has 4 heterocycles. The zero-order valence-corrected chi connectivity index (χ0v) is 20.3. The monoisotopic (exact) mass is 538 g/mol. The number of hydrogen-bond donors (Lipinski definition) is 4. The summed E-state index contributed by atoms with van der Waals surface area (Å²) in [5.41, 5.74) is 12.9. The van der Waals surface area contributed by atoms with Gasteiger partial charge < -0.3 is 21.9 Å². The lowest BCUT2D eigenvalue weighted by atomic mass is 9.91. The summed E-state index contributed by atoms with van der Waals surface area (Å²) in [6.45, 7) is 0. The normalized spacial score (nSPS) is 13.4. The molecule has 6 N–H and O–H groups in total. The molecule has 4 aromatic heterocycles. The third-order valence-corrected chi connectivity index (χ3v) is 5.55. The zero-order valence-electron chi connectivity index (χ0n) is 20.3. The predicted molar refractivity (Wildman–Crippen MR) is 139 cm³/mol. The second kappa shape index (κ2) is 11.5. The summed E-state index contributed by atoms with van der Waals surface area (Å²) in [5, 5.41) is 20.5. The number of hydrogen-bond acceptors (Lipinski definition) is 12. The minimum absolute atomic E-state index is 0.332. The van der Waals surface area contributed by atoms with Gasteiger partial charge in [0.25, 0.3) is 0 Å². The summed E-state index contributed by atoms with van der Waals surface area (Å²) in [5.74, 6) is -2.86. The second-order valence-corrected chi connectivity index (χ2v) is 7.89. The molecule has 0 saturated heterocycles. The van der Waals surface area contributed by atoms with E-state index in [1.165, 1.54) is 0 Å². The van der Waals surface area contributed by atoms with Crippen LogP contribution in [-0.4, -0.2) is 65.2 Å². The number of ketones is 4. The number of carbonyl (C=O) groups is 4. The number of nitrogens with two attached hydrogens (primary N) is 2. The first-order chi connectivity index (χ1) is 19.3. The number of nitrogens with zero attached hydrogens (tertiary/aromatic N) is 6. The Balaban J connectivity index is 0.000000148. The van der Waals surface area contributed by atoms with Gasteiger partial charge in [-0.3, -0.25) is 39.1 Å². The van der Waals surface area contributed by atoms with E-state index in [0.717, 1.165) is 0 Å². The van der Waals surface area contributed by atoms with Crippen molar-refractivity contribution in [2.24, 2.45) is 21.8 Å². The maximum absolute atomic E-state index is 11.8. The topological polar surface area (TPSA) is 237 Å². The molecule has 40 heavy (non-hydrogen) atoms. The summed E-state index contributed by atoms with van der Waals surface area (Å²) in [7, 11) is 0. The highest BCUT2D eigenvalue weighted by Crippen LogP contribution is 2.30. The number of oxime groups is 2. The van der Waals surface area contributed by atoms with E-state index in [-0.39, 0.29) is 0 Å². The first kappa shape index (κ1) is 26.9. The molecule has 14 heteroatoms. The van der Waals surface area contributed by atoms with Crippen LogP contribution in [0.25, 0.3) is 22.8 Å². The highest BCUT2D eigenvalue weighted by molar-refractivity contribution is 6.53. The van der Waals surface area contributed by atoms with Gasteiger partial charge in [-0.05, 0) is 48.5 Å². The predicted octanol–water partition coefficient (Wildman–Crippen LogP) is 1.52. The maximum atomic E-state index is 11.8. The van der Waals surface area contributed by atoms with Gasteiger partial charge in [-0.15, -0.1) is 0 Å². The summed E-state index contributed by atoms with van der Waals surface area (Å²) < 4.78 is 0. The smallest absolute Gasteiger partial charge is 0.235 e. The van der Waals surface area contributed by atoms with E-state index < -0.39 is 34.8 Å². The van der Waals surface area contributed by atoms with Crippen molar-refractivity contribution < 1.29 is 29.6 Å². The largest absolute Gasteiger partial charge is 0.409 e. The van der Waals surface area contributed by atoms with E-state index in [2.05, 4.69) is 30.2 Å². The van der Waals surface area contributed by atoms with Gasteiger partial charge >= 0.3 is 0 Å². The fourth-order valence-corrected chi connectivity index (χ4v) is 3.70. The van der Waals surface area contributed by atoms with Crippen LogP contribution in [0.5, 0.6) is 0 Å². The van der Waals surface area contributed by atoms with Gasteiger partial charge in [0.2, 0.25) is 34.8 Å². The molecule has 0 radical (unpaired) electrons. The molecule has 0 fully saturated rings. The van der Waals surface area contributed by atoms with Gasteiger partial charge in [0.1, 0.15) is 22.8 Å². The second-order valence-electron chi connectivity index (χ2n) is 7.89. The summed E-state index contributed by atoms with van der Waals surface area (Å²) in [6, 6.07) is 12.9. The quantitative estimate of drug-likeness (QED) is 0.0819. The van der Waals surface area contributed by atoms with Crippen LogP contribution in [0.4, 0.5) is 0 Å². The molecule has 4 aromatic rings. The molecule has 0 saturated carbocycles. The summed E-state index contributed by atoms with van der Waals surface area (Å²) in [4.78, 5) is 63.5. The lowest BCUT2D eigenvalue weighted by Crippen LogP contribution is -2.31. The Morgan fingerprint density at radius 2 is 0.725 bits per heavy atom. The molecule has 0 aromatic carbocycles. The van der Waals surface area contributed by atoms with Gasteiger partial charge in [0.15, 0.2) is 0 Å². The van der Waals surface area contributed by atoms with Crippen molar-refractivity contribution >= 4 is 34.8 Å². The maximum Gasteiger partial charge on any atom is 0.235 e. The van der Waals surface area contributed by atoms with Crippen molar-refractivity contribution in [2.45, 2.75) is 0 Å². The van der Waals surface area contributed by atoms with Crippen LogP contribution in [0, 0.1) is 0 Å². The fraction of sp³-hybridized carbons (Fsp3) is 0. The minimum Gasteiger partial charge on any atom is -0.409 e. The van der Waals surface area contributed by atoms with Crippen molar-refractivity contribution in [3.63, 3.8) is 0 Å². The lowest BCUT2D eigenvalue weighted by Gasteiger charge is -2.14. The number of fused-ring (bicyclic) bond motifs is 6. The van der Waals surface area contributed by atoms with Crippen LogP contribution in [0.15, 0.2) is 83.6 Å². The van der Waals surface area contributed by atoms with Crippen molar-refractivity contribution in [3.8, 4) is 22.8 Å².